The van der Waals surface area contributed by atoms with E-state index in [4.69, 9.17) is 5.73 Å². The molecule has 0 bridgehead atoms. The van der Waals surface area contributed by atoms with Gasteiger partial charge in [0.2, 0.25) is 0 Å². The quantitative estimate of drug-likeness (QED) is 0.850. The number of carbonyl (C=O) groups excluding carboxylic acids is 2. The summed E-state index contributed by atoms with van der Waals surface area (Å²) in [5.74, 6) is -0.312. The van der Waals surface area contributed by atoms with Crippen molar-refractivity contribution in [3.8, 4) is 0 Å². The summed E-state index contributed by atoms with van der Waals surface area (Å²) in [7, 11) is 0. The Kier molecular flexibility index (Phi) is 4.32. The van der Waals surface area contributed by atoms with Crippen molar-refractivity contribution >= 4 is 28.7 Å². The van der Waals surface area contributed by atoms with Crippen LogP contribution in [0.15, 0.2) is 29.6 Å². The van der Waals surface area contributed by atoms with E-state index in [-0.39, 0.29) is 18.2 Å². The lowest BCUT2D eigenvalue weighted by Gasteiger charge is -2.06. The zero-order valence-corrected chi connectivity index (χ0v) is 12.2. The molecule has 20 heavy (non-hydrogen) atoms. The Balaban J connectivity index is 2.20. The van der Waals surface area contributed by atoms with Crippen molar-refractivity contribution < 1.29 is 9.59 Å². The largest absolute Gasteiger partial charge is 0.324 e. The van der Waals surface area contributed by atoms with Gasteiger partial charge < -0.3 is 11.1 Å². The number of amides is 1. The number of anilines is 1. The van der Waals surface area contributed by atoms with Crippen LogP contribution in [0.25, 0.3) is 0 Å². The van der Waals surface area contributed by atoms with Gasteiger partial charge in [0.05, 0.1) is 12.1 Å². The van der Waals surface area contributed by atoms with Crippen LogP contribution in [0.3, 0.4) is 0 Å². The Hall–Kier alpha value is -1.98. The number of aryl methyl sites for hydroxylation is 1. The average Bonchev–Trinajstić information content (AvgIpc) is 2.78. The molecule has 0 aliphatic heterocycles. The predicted octanol–water partition coefficient (Wildman–Crippen LogP) is 2.76. The lowest BCUT2D eigenvalue weighted by atomic mass is 10.1. The van der Waals surface area contributed by atoms with Crippen LogP contribution in [0.1, 0.15) is 31.2 Å². The number of hydrogen-bond acceptors (Lipinski definition) is 4. The van der Waals surface area contributed by atoms with Crippen LogP contribution in [-0.4, -0.2) is 18.2 Å². The SMILES string of the molecule is Cc1scc(C(=O)Nc2cccc(C(=O)CN)c2)c1C. The Bertz CT molecular complexity index is 662. The fourth-order valence-corrected chi connectivity index (χ4v) is 2.69. The molecule has 1 aromatic carbocycles. The van der Waals surface area contributed by atoms with Gasteiger partial charge in [0.25, 0.3) is 5.91 Å². The highest BCUT2D eigenvalue weighted by Gasteiger charge is 2.13. The second kappa shape index (κ2) is 5.98. The molecule has 0 spiro atoms. The Morgan fingerprint density at radius 3 is 2.65 bits per heavy atom. The zero-order valence-electron chi connectivity index (χ0n) is 11.4. The fourth-order valence-electron chi connectivity index (χ4n) is 1.82. The van der Waals surface area contributed by atoms with Crippen LogP contribution in [-0.2, 0) is 0 Å². The summed E-state index contributed by atoms with van der Waals surface area (Å²) in [6.45, 7) is 3.87. The maximum Gasteiger partial charge on any atom is 0.256 e. The number of hydrogen-bond donors (Lipinski definition) is 2. The van der Waals surface area contributed by atoms with Crippen LogP contribution < -0.4 is 11.1 Å². The smallest absolute Gasteiger partial charge is 0.256 e. The van der Waals surface area contributed by atoms with Gasteiger partial charge in [-0.1, -0.05) is 12.1 Å². The number of nitrogens with two attached hydrogens (primary N) is 1. The molecule has 1 amide bonds. The summed E-state index contributed by atoms with van der Waals surface area (Å²) in [4.78, 5) is 24.9. The third-order valence-electron chi connectivity index (χ3n) is 3.16. The van der Waals surface area contributed by atoms with E-state index in [1.807, 2.05) is 19.2 Å². The molecule has 1 aromatic heterocycles. The van der Waals surface area contributed by atoms with Crippen molar-refractivity contribution in [3.63, 3.8) is 0 Å². The van der Waals surface area contributed by atoms with Crippen LogP contribution in [0.4, 0.5) is 5.69 Å². The molecule has 0 saturated carbocycles. The molecule has 0 saturated heterocycles. The first-order valence-corrected chi connectivity index (χ1v) is 7.10. The third-order valence-corrected chi connectivity index (χ3v) is 4.17. The molecule has 3 N–H and O–H groups in total. The first-order chi connectivity index (χ1) is 9.52. The van der Waals surface area contributed by atoms with Crippen LogP contribution >= 0.6 is 11.3 Å². The third kappa shape index (κ3) is 2.95. The molecular formula is C15H16N2O2S. The highest BCUT2D eigenvalue weighted by atomic mass is 32.1. The number of thiophene rings is 1. The van der Waals surface area contributed by atoms with Crippen LogP contribution in [0.2, 0.25) is 0 Å². The molecule has 0 atom stereocenters. The van der Waals surface area contributed by atoms with E-state index in [2.05, 4.69) is 5.32 Å². The maximum absolute atomic E-state index is 12.2. The average molecular weight is 288 g/mol. The number of rotatable bonds is 4. The van der Waals surface area contributed by atoms with Gasteiger partial charge in [-0.15, -0.1) is 11.3 Å². The Morgan fingerprint density at radius 2 is 2.05 bits per heavy atom. The number of nitrogens with one attached hydrogen (secondary N) is 1. The van der Waals surface area contributed by atoms with Gasteiger partial charge in [-0.2, -0.15) is 0 Å². The maximum atomic E-state index is 12.2. The minimum Gasteiger partial charge on any atom is -0.324 e. The van der Waals surface area contributed by atoms with E-state index >= 15 is 0 Å². The summed E-state index contributed by atoms with van der Waals surface area (Å²) < 4.78 is 0. The van der Waals surface area contributed by atoms with Crippen molar-refractivity contribution in [3.05, 3.63) is 51.2 Å². The van der Waals surface area contributed by atoms with Crippen molar-refractivity contribution in [1.29, 1.82) is 0 Å². The fraction of sp³-hybridized carbons (Fsp3) is 0.200. The van der Waals surface area contributed by atoms with Gasteiger partial charge in [0, 0.05) is 21.5 Å². The van der Waals surface area contributed by atoms with Gasteiger partial charge in [0.1, 0.15) is 0 Å². The molecule has 2 rings (SSSR count). The molecule has 4 nitrogen and oxygen atoms in total. The number of Topliss-reactive ketones (excluding diaryl/α,β-unsaturated/α-hetero) is 1. The molecule has 0 fully saturated rings. The number of carbonyl (C=O) groups is 2. The second-order valence-corrected chi connectivity index (χ2v) is 5.58. The van der Waals surface area contributed by atoms with E-state index in [1.165, 1.54) is 0 Å². The molecule has 1 heterocycles. The summed E-state index contributed by atoms with van der Waals surface area (Å²) in [5.41, 5.74) is 8.09. The van der Waals surface area contributed by atoms with Crippen LogP contribution in [0.5, 0.6) is 0 Å². The second-order valence-electron chi connectivity index (χ2n) is 4.49. The number of ketones is 1. The summed E-state index contributed by atoms with van der Waals surface area (Å²) >= 11 is 1.55. The minimum atomic E-state index is -0.163. The normalized spacial score (nSPS) is 10.3. The van der Waals surface area contributed by atoms with Gasteiger partial charge in [-0.3, -0.25) is 9.59 Å². The molecule has 104 valence electrons. The van der Waals surface area contributed by atoms with E-state index in [0.717, 1.165) is 10.4 Å². The van der Waals surface area contributed by atoms with Gasteiger partial charge in [-0.05, 0) is 31.5 Å². The van der Waals surface area contributed by atoms with Crippen molar-refractivity contribution in [2.45, 2.75) is 13.8 Å². The zero-order chi connectivity index (χ0) is 14.7. The Morgan fingerprint density at radius 1 is 1.30 bits per heavy atom. The Labute approximate surface area is 121 Å². The highest BCUT2D eigenvalue weighted by Crippen LogP contribution is 2.22. The summed E-state index contributed by atoms with van der Waals surface area (Å²) in [6, 6.07) is 6.80. The molecule has 5 heteroatoms. The van der Waals surface area contributed by atoms with Crippen LogP contribution in [0, 0.1) is 13.8 Å². The predicted molar refractivity (Wildman–Crippen MR) is 81.6 cm³/mol. The van der Waals surface area contributed by atoms with Gasteiger partial charge in [-0.25, -0.2) is 0 Å². The van der Waals surface area contributed by atoms with E-state index in [0.29, 0.717) is 16.8 Å². The molecule has 0 aliphatic rings. The topological polar surface area (TPSA) is 72.2 Å². The van der Waals surface area contributed by atoms with E-state index in [9.17, 15) is 9.59 Å². The molecule has 0 radical (unpaired) electrons. The molecule has 0 unspecified atom stereocenters. The van der Waals surface area contributed by atoms with Gasteiger partial charge in [0.15, 0.2) is 5.78 Å². The van der Waals surface area contributed by atoms with Gasteiger partial charge >= 0.3 is 0 Å². The van der Waals surface area contributed by atoms with E-state index < -0.39 is 0 Å². The number of benzene rings is 1. The molecule has 2 aromatic rings. The lowest BCUT2D eigenvalue weighted by molar-refractivity contribution is 0.0997. The summed E-state index contributed by atoms with van der Waals surface area (Å²) in [6.07, 6.45) is 0. The molecular weight excluding hydrogens is 272 g/mol. The van der Waals surface area contributed by atoms with E-state index in [1.54, 1.807) is 35.6 Å². The first-order valence-electron chi connectivity index (χ1n) is 6.22. The van der Waals surface area contributed by atoms with Crippen molar-refractivity contribution in [2.75, 3.05) is 11.9 Å². The lowest BCUT2D eigenvalue weighted by Crippen LogP contribution is -2.15. The standard InChI is InChI=1S/C15H16N2O2S/c1-9-10(2)20-8-13(9)15(19)17-12-5-3-4-11(6-12)14(18)7-16/h3-6,8H,7,16H2,1-2H3,(H,17,19). The van der Waals surface area contributed by atoms with Crippen molar-refractivity contribution in [1.82, 2.24) is 0 Å². The monoisotopic (exact) mass is 288 g/mol. The molecule has 0 aliphatic carbocycles. The minimum absolute atomic E-state index is 0.0414. The highest BCUT2D eigenvalue weighted by molar-refractivity contribution is 7.10. The first kappa shape index (κ1) is 14.4. The van der Waals surface area contributed by atoms with Crippen molar-refractivity contribution in [2.24, 2.45) is 5.73 Å². The summed E-state index contributed by atoms with van der Waals surface area (Å²) in [5, 5.41) is 4.65.